The van der Waals surface area contributed by atoms with Crippen molar-refractivity contribution in [2.45, 2.75) is 38.6 Å². The van der Waals surface area contributed by atoms with E-state index in [1.165, 1.54) is 37.8 Å². The zero-order chi connectivity index (χ0) is 13.7. The van der Waals surface area contributed by atoms with Crippen molar-refractivity contribution in [1.29, 1.82) is 0 Å². The highest BCUT2D eigenvalue weighted by atomic mass is 16.5. The second-order valence-electron chi connectivity index (χ2n) is 5.12. The number of nitrogens with zero attached hydrogens (tertiary/aromatic N) is 1. The van der Waals surface area contributed by atoms with E-state index in [4.69, 9.17) is 9.47 Å². The molecule has 1 atom stereocenters. The zero-order valence-corrected chi connectivity index (χ0v) is 12.3. The van der Waals surface area contributed by atoms with Crippen molar-refractivity contribution in [3.63, 3.8) is 0 Å². The molecule has 3 heteroatoms. The van der Waals surface area contributed by atoms with Crippen LogP contribution in [0.1, 0.15) is 44.2 Å². The predicted molar refractivity (Wildman–Crippen MR) is 78.0 cm³/mol. The first-order valence-corrected chi connectivity index (χ1v) is 7.26. The summed E-state index contributed by atoms with van der Waals surface area (Å²) in [5.41, 5.74) is 1.22. The van der Waals surface area contributed by atoms with Gasteiger partial charge in [0.15, 0.2) is 0 Å². The molecule has 1 fully saturated rings. The molecule has 1 aliphatic heterocycles. The van der Waals surface area contributed by atoms with E-state index < -0.39 is 0 Å². The molecule has 106 valence electrons. The Kier molecular flexibility index (Phi) is 5.08. The van der Waals surface area contributed by atoms with Gasteiger partial charge in [-0.2, -0.15) is 0 Å². The Morgan fingerprint density at radius 2 is 1.84 bits per heavy atom. The van der Waals surface area contributed by atoms with Gasteiger partial charge in [-0.25, -0.2) is 0 Å². The minimum Gasteiger partial charge on any atom is -0.496 e. The Morgan fingerprint density at radius 3 is 2.42 bits per heavy atom. The van der Waals surface area contributed by atoms with Gasteiger partial charge in [-0.1, -0.05) is 19.4 Å². The second-order valence-corrected chi connectivity index (χ2v) is 5.12. The van der Waals surface area contributed by atoms with Gasteiger partial charge in [-0.15, -0.1) is 0 Å². The van der Waals surface area contributed by atoms with Gasteiger partial charge < -0.3 is 9.47 Å². The van der Waals surface area contributed by atoms with Gasteiger partial charge in [0.05, 0.1) is 19.8 Å². The third-order valence-corrected chi connectivity index (χ3v) is 3.92. The Balaban J connectivity index is 2.36. The van der Waals surface area contributed by atoms with Crippen molar-refractivity contribution in [1.82, 2.24) is 4.90 Å². The van der Waals surface area contributed by atoms with Crippen molar-refractivity contribution < 1.29 is 9.47 Å². The normalized spacial score (nSPS) is 20.3. The third-order valence-electron chi connectivity index (χ3n) is 3.92. The Labute approximate surface area is 116 Å². The molecule has 19 heavy (non-hydrogen) atoms. The zero-order valence-electron chi connectivity index (χ0n) is 12.3. The maximum absolute atomic E-state index is 5.56. The van der Waals surface area contributed by atoms with Crippen LogP contribution < -0.4 is 9.47 Å². The topological polar surface area (TPSA) is 21.7 Å². The van der Waals surface area contributed by atoms with Gasteiger partial charge in [-0.3, -0.25) is 4.90 Å². The first-order valence-electron chi connectivity index (χ1n) is 7.26. The number of rotatable bonds is 5. The molecule has 0 saturated carbocycles. The van der Waals surface area contributed by atoms with Crippen LogP contribution >= 0.6 is 0 Å². The van der Waals surface area contributed by atoms with Crippen LogP contribution in [0, 0.1) is 0 Å². The average Bonchev–Trinajstić information content (AvgIpc) is 2.47. The molecule has 3 nitrogen and oxygen atoms in total. The van der Waals surface area contributed by atoms with E-state index in [-0.39, 0.29) is 0 Å². The summed E-state index contributed by atoms with van der Waals surface area (Å²) in [5.74, 6) is 1.90. The fourth-order valence-electron chi connectivity index (χ4n) is 3.08. The molecule has 0 aliphatic carbocycles. The van der Waals surface area contributed by atoms with E-state index in [9.17, 15) is 0 Å². The average molecular weight is 263 g/mol. The minimum absolute atomic E-state index is 0.430. The van der Waals surface area contributed by atoms with E-state index in [1.807, 2.05) is 18.2 Å². The van der Waals surface area contributed by atoms with Crippen LogP contribution in [0.4, 0.5) is 0 Å². The molecule has 1 aromatic carbocycles. The Hall–Kier alpha value is -1.22. The maximum atomic E-state index is 5.56. The van der Waals surface area contributed by atoms with Gasteiger partial charge >= 0.3 is 0 Å². The lowest BCUT2D eigenvalue weighted by Gasteiger charge is -2.37. The molecule has 0 spiro atoms. The van der Waals surface area contributed by atoms with Crippen LogP contribution in [0.5, 0.6) is 11.5 Å². The lowest BCUT2D eigenvalue weighted by molar-refractivity contribution is 0.143. The summed E-state index contributed by atoms with van der Waals surface area (Å²) < 4.78 is 11.1. The minimum atomic E-state index is 0.430. The number of hydrogen-bond acceptors (Lipinski definition) is 3. The number of methoxy groups -OCH3 is 2. The van der Waals surface area contributed by atoms with E-state index in [0.29, 0.717) is 6.04 Å². The quantitative estimate of drug-likeness (QED) is 0.809. The maximum Gasteiger partial charge on any atom is 0.127 e. The van der Waals surface area contributed by atoms with Crippen LogP contribution in [-0.2, 0) is 0 Å². The van der Waals surface area contributed by atoms with E-state index in [0.717, 1.165) is 18.0 Å². The van der Waals surface area contributed by atoms with Gasteiger partial charge in [0.2, 0.25) is 0 Å². The standard InChI is InChI=1S/C16H25NO2/c1-4-11-17-12-6-5-8-13(17)16-14(18-2)9-7-10-15(16)19-3/h7,9-10,13H,4-6,8,11-12H2,1-3H3/t13-/m0/s1. The van der Waals surface area contributed by atoms with Crippen LogP contribution in [0.25, 0.3) is 0 Å². The highest BCUT2D eigenvalue weighted by molar-refractivity contribution is 5.47. The largest absolute Gasteiger partial charge is 0.496 e. The molecule has 1 heterocycles. The summed E-state index contributed by atoms with van der Waals surface area (Å²) in [7, 11) is 3.48. The lowest BCUT2D eigenvalue weighted by Crippen LogP contribution is -2.34. The van der Waals surface area contributed by atoms with Crippen LogP contribution in [0.2, 0.25) is 0 Å². The van der Waals surface area contributed by atoms with E-state index in [2.05, 4.69) is 11.8 Å². The highest BCUT2D eigenvalue weighted by Gasteiger charge is 2.28. The van der Waals surface area contributed by atoms with E-state index in [1.54, 1.807) is 14.2 Å². The molecular weight excluding hydrogens is 238 g/mol. The molecule has 0 amide bonds. The summed E-state index contributed by atoms with van der Waals surface area (Å²) in [6.07, 6.45) is 4.96. The fourth-order valence-corrected chi connectivity index (χ4v) is 3.08. The number of ether oxygens (including phenoxy) is 2. The predicted octanol–water partition coefficient (Wildman–Crippen LogP) is 3.64. The molecule has 0 aromatic heterocycles. The van der Waals surface area contributed by atoms with Crippen LogP contribution in [-0.4, -0.2) is 32.2 Å². The second kappa shape index (κ2) is 6.80. The van der Waals surface area contributed by atoms with Crippen molar-refractivity contribution >= 4 is 0 Å². The van der Waals surface area contributed by atoms with Crippen molar-refractivity contribution in [3.8, 4) is 11.5 Å². The molecule has 2 rings (SSSR count). The molecule has 0 unspecified atom stereocenters. The summed E-state index contributed by atoms with van der Waals surface area (Å²) in [4.78, 5) is 2.57. The Bertz CT molecular complexity index is 381. The summed E-state index contributed by atoms with van der Waals surface area (Å²) >= 11 is 0. The SMILES string of the molecule is CCCN1CCCC[C@H]1c1c(OC)cccc1OC. The van der Waals surface area contributed by atoms with Gasteiger partial charge in [0.25, 0.3) is 0 Å². The van der Waals surface area contributed by atoms with Crippen LogP contribution in [0.15, 0.2) is 18.2 Å². The first kappa shape index (κ1) is 14.2. The lowest BCUT2D eigenvalue weighted by atomic mass is 9.93. The first-order chi connectivity index (χ1) is 9.31. The third kappa shape index (κ3) is 3.03. The number of piperidine rings is 1. The van der Waals surface area contributed by atoms with Crippen molar-refractivity contribution in [3.05, 3.63) is 23.8 Å². The number of benzene rings is 1. The Morgan fingerprint density at radius 1 is 1.16 bits per heavy atom. The number of hydrogen-bond donors (Lipinski definition) is 0. The molecule has 0 radical (unpaired) electrons. The summed E-state index contributed by atoms with van der Waals surface area (Å²) in [6.45, 7) is 4.57. The molecule has 0 bridgehead atoms. The van der Waals surface area contributed by atoms with Gasteiger partial charge in [-0.05, 0) is 44.5 Å². The molecule has 1 saturated heterocycles. The summed E-state index contributed by atoms with van der Waals surface area (Å²) in [5, 5.41) is 0. The highest BCUT2D eigenvalue weighted by Crippen LogP contribution is 2.41. The molecule has 1 aromatic rings. The van der Waals surface area contributed by atoms with Crippen molar-refractivity contribution in [2.24, 2.45) is 0 Å². The van der Waals surface area contributed by atoms with Gasteiger partial charge in [0.1, 0.15) is 11.5 Å². The monoisotopic (exact) mass is 263 g/mol. The van der Waals surface area contributed by atoms with Crippen molar-refractivity contribution in [2.75, 3.05) is 27.3 Å². The fraction of sp³-hybridized carbons (Fsp3) is 0.625. The molecule has 1 aliphatic rings. The van der Waals surface area contributed by atoms with Crippen LogP contribution in [0.3, 0.4) is 0 Å². The summed E-state index contributed by atoms with van der Waals surface area (Å²) in [6, 6.07) is 6.50. The molecular formula is C16H25NO2. The number of likely N-dealkylation sites (tertiary alicyclic amines) is 1. The van der Waals surface area contributed by atoms with E-state index >= 15 is 0 Å². The van der Waals surface area contributed by atoms with Gasteiger partial charge in [0, 0.05) is 6.04 Å². The smallest absolute Gasteiger partial charge is 0.127 e. The molecule has 0 N–H and O–H groups in total.